The Morgan fingerprint density at radius 2 is 0.606 bits per heavy atom. The number of hydrogen-bond acceptors (Lipinski definition) is 2. The molecule has 0 unspecified atom stereocenters. The maximum atomic E-state index is 5.36. The minimum absolute atomic E-state index is 0. The van der Waals surface area contributed by atoms with Crippen LogP contribution < -0.4 is 0 Å². The van der Waals surface area contributed by atoms with Gasteiger partial charge in [0.05, 0.1) is 22.8 Å². The minimum atomic E-state index is 0. The van der Waals surface area contributed by atoms with Gasteiger partial charge in [0.25, 0.3) is 0 Å². The van der Waals surface area contributed by atoms with Crippen LogP contribution in [-0.2, 0) is 20.4 Å². The van der Waals surface area contributed by atoms with E-state index in [9.17, 15) is 0 Å². The molecule has 0 atom stereocenters. The van der Waals surface area contributed by atoms with Crippen molar-refractivity contribution in [3.63, 3.8) is 0 Å². The van der Waals surface area contributed by atoms with Crippen molar-refractivity contribution >= 4 is 35.0 Å². The van der Waals surface area contributed by atoms with Crippen LogP contribution in [0.15, 0.2) is 70.7 Å². The molecular weight excluding hydrogens is 891 g/mol. The maximum Gasteiger partial charge on any atom is 0.0639 e. The molecule has 378 valence electrons. The number of benzene rings is 2. The average molecular weight is 998 g/mol. The van der Waals surface area contributed by atoms with E-state index in [1.54, 1.807) is 0 Å². The fraction of sp³-hybridized carbons (Fsp3) is 0.714. The van der Waals surface area contributed by atoms with Gasteiger partial charge in [-0.05, 0) is 86.8 Å². The third-order valence-electron chi connectivity index (χ3n) is 13.5. The quantitative estimate of drug-likeness (QED) is 0.0359. The first kappa shape index (κ1) is 61.9. The Bertz CT molecular complexity index is 1470. The third-order valence-corrected chi connectivity index (χ3v) is 13.5. The molecule has 0 fully saturated rings. The average Bonchev–Trinajstić information content (AvgIpc) is 3.32. The standard InChI is InChI=1S/C63H106N2.Pd/c1-5-9-13-15-17-19-21-23-25-27-29-31-33-35-37-39-41-44-48-58-50-46-52-60(56-58)64-62(54-12-8-4)63(55-43-11-7-3)65-61-53-47-51-59(57-61)49-45-42-40-38-36-34-32-30-28-26-24-22-20-18-16-14-10-6-2;/h44-53,56-57H,5-43,54-55H2,1-4H3;. The molecule has 0 N–H and O–H groups in total. The van der Waals surface area contributed by atoms with Crippen LogP contribution in [-0.4, -0.2) is 11.4 Å². The topological polar surface area (TPSA) is 24.7 Å². The van der Waals surface area contributed by atoms with E-state index in [0.717, 1.165) is 56.3 Å². The molecular formula is C63H106N2Pd. The van der Waals surface area contributed by atoms with E-state index in [1.807, 2.05) is 0 Å². The molecule has 3 heteroatoms. The summed E-state index contributed by atoms with van der Waals surface area (Å²) in [5.41, 5.74) is 6.95. The zero-order valence-corrected chi connectivity index (χ0v) is 45.7. The van der Waals surface area contributed by atoms with Crippen LogP contribution in [0.25, 0.3) is 12.2 Å². The Morgan fingerprint density at radius 1 is 0.333 bits per heavy atom. The second-order valence-corrected chi connectivity index (χ2v) is 19.9. The Hall–Kier alpha value is -2.08. The Kier molecular flexibility index (Phi) is 45.0. The smallest absolute Gasteiger partial charge is 0.0639 e. The van der Waals surface area contributed by atoms with Crippen LogP contribution in [0.1, 0.15) is 302 Å². The maximum absolute atomic E-state index is 5.36. The van der Waals surface area contributed by atoms with Crippen LogP contribution in [0, 0.1) is 0 Å². The summed E-state index contributed by atoms with van der Waals surface area (Å²) in [5.74, 6) is 0. The number of hydrogen-bond donors (Lipinski definition) is 0. The Morgan fingerprint density at radius 3 is 0.924 bits per heavy atom. The van der Waals surface area contributed by atoms with E-state index in [4.69, 9.17) is 9.98 Å². The molecule has 2 rings (SSSR count). The molecule has 0 heterocycles. The summed E-state index contributed by atoms with van der Waals surface area (Å²) in [7, 11) is 0. The monoisotopic (exact) mass is 997 g/mol. The molecule has 2 aromatic rings. The normalized spacial score (nSPS) is 12.2. The zero-order chi connectivity index (χ0) is 46.4. The summed E-state index contributed by atoms with van der Waals surface area (Å²) < 4.78 is 0. The number of aliphatic imine (C=N–C) groups is 2. The van der Waals surface area contributed by atoms with Crippen LogP contribution >= 0.6 is 0 Å². The summed E-state index contributed by atoms with van der Waals surface area (Å²) in [6, 6.07) is 17.7. The Balaban J connectivity index is 0.0000218. The van der Waals surface area contributed by atoms with Gasteiger partial charge in [0, 0.05) is 20.4 Å². The van der Waals surface area contributed by atoms with Gasteiger partial charge < -0.3 is 0 Å². The number of allylic oxidation sites excluding steroid dienone is 2. The van der Waals surface area contributed by atoms with E-state index in [-0.39, 0.29) is 20.4 Å². The van der Waals surface area contributed by atoms with Gasteiger partial charge in [-0.1, -0.05) is 288 Å². The first-order chi connectivity index (χ1) is 32.2. The molecule has 2 nitrogen and oxygen atoms in total. The first-order valence-electron chi connectivity index (χ1n) is 28.9. The van der Waals surface area contributed by atoms with Gasteiger partial charge in [-0.25, -0.2) is 0 Å². The van der Waals surface area contributed by atoms with Crippen molar-refractivity contribution in [2.45, 2.75) is 291 Å². The molecule has 0 aliphatic heterocycles. The van der Waals surface area contributed by atoms with E-state index in [1.165, 1.54) is 241 Å². The number of nitrogens with zero attached hydrogens (tertiary/aromatic N) is 2. The van der Waals surface area contributed by atoms with Crippen molar-refractivity contribution in [2.24, 2.45) is 9.98 Å². The largest absolute Gasteiger partial charge is 0.252 e. The summed E-state index contributed by atoms with van der Waals surface area (Å²) in [4.78, 5) is 10.7. The van der Waals surface area contributed by atoms with Crippen LogP contribution in [0.2, 0.25) is 0 Å². The van der Waals surface area contributed by atoms with E-state index in [0.29, 0.717) is 0 Å². The first-order valence-corrected chi connectivity index (χ1v) is 28.9. The molecule has 0 aromatic heterocycles. The molecule has 0 aliphatic carbocycles. The molecule has 0 aliphatic rings. The Labute approximate surface area is 425 Å². The molecule has 0 saturated carbocycles. The van der Waals surface area contributed by atoms with Crippen molar-refractivity contribution in [1.82, 2.24) is 0 Å². The van der Waals surface area contributed by atoms with Gasteiger partial charge in [-0.15, -0.1) is 0 Å². The fourth-order valence-electron chi connectivity index (χ4n) is 9.18. The predicted molar refractivity (Wildman–Crippen MR) is 297 cm³/mol. The second-order valence-electron chi connectivity index (χ2n) is 19.9. The van der Waals surface area contributed by atoms with Crippen molar-refractivity contribution in [1.29, 1.82) is 0 Å². The third kappa shape index (κ3) is 36.9. The molecule has 0 radical (unpaired) electrons. The van der Waals surface area contributed by atoms with Crippen LogP contribution in [0.5, 0.6) is 0 Å². The zero-order valence-electron chi connectivity index (χ0n) is 44.1. The van der Waals surface area contributed by atoms with Gasteiger partial charge in [-0.2, -0.15) is 0 Å². The molecule has 0 amide bonds. The molecule has 2 aromatic carbocycles. The van der Waals surface area contributed by atoms with Crippen LogP contribution in [0.4, 0.5) is 11.4 Å². The summed E-state index contributed by atoms with van der Waals surface area (Å²) >= 11 is 0. The van der Waals surface area contributed by atoms with Gasteiger partial charge >= 0.3 is 0 Å². The molecule has 0 saturated heterocycles. The SMILES string of the molecule is CCCCCCCCCCCCCCCCCCC=Cc1cccc(N=C(CCCC)C(CCCCC)=Nc2cccc(C=CCCCCCCCCCCCCCCCCCC)c2)c1.[Pd]. The summed E-state index contributed by atoms with van der Waals surface area (Å²) in [6.45, 7) is 9.18. The van der Waals surface area contributed by atoms with Gasteiger partial charge in [0.2, 0.25) is 0 Å². The van der Waals surface area contributed by atoms with E-state index < -0.39 is 0 Å². The molecule has 66 heavy (non-hydrogen) atoms. The molecule has 0 spiro atoms. The van der Waals surface area contributed by atoms with E-state index >= 15 is 0 Å². The summed E-state index contributed by atoms with van der Waals surface area (Å²) in [5, 5.41) is 0. The minimum Gasteiger partial charge on any atom is -0.252 e. The van der Waals surface area contributed by atoms with Crippen molar-refractivity contribution in [3.05, 3.63) is 71.8 Å². The van der Waals surface area contributed by atoms with Gasteiger partial charge in [0.1, 0.15) is 0 Å². The van der Waals surface area contributed by atoms with Crippen molar-refractivity contribution in [2.75, 3.05) is 0 Å². The van der Waals surface area contributed by atoms with Crippen molar-refractivity contribution < 1.29 is 20.4 Å². The fourth-order valence-corrected chi connectivity index (χ4v) is 9.18. The summed E-state index contributed by atoms with van der Waals surface area (Å²) in [6.07, 6.45) is 65.0. The van der Waals surface area contributed by atoms with Gasteiger partial charge in [0.15, 0.2) is 0 Å². The van der Waals surface area contributed by atoms with E-state index in [2.05, 4.69) is 101 Å². The predicted octanol–water partition coefficient (Wildman–Crippen LogP) is 22.6. The van der Waals surface area contributed by atoms with Crippen LogP contribution in [0.3, 0.4) is 0 Å². The number of unbranched alkanes of at least 4 members (excludes halogenated alkanes) is 35. The van der Waals surface area contributed by atoms with Gasteiger partial charge in [-0.3, -0.25) is 9.98 Å². The number of rotatable bonds is 46. The second kappa shape index (κ2) is 48.0. The molecule has 0 bridgehead atoms. The van der Waals surface area contributed by atoms with Crippen molar-refractivity contribution in [3.8, 4) is 0 Å².